The van der Waals surface area contributed by atoms with E-state index in [0.717, 1.165) is 16.0 Å². The molecule has 0 spiro atoms. The van der Waals surface area contributed by atoms with Crippen LogP contribution >= 0.6 is 0 Å². The van der Waals surface area contributed by atoms with E-state index in [1.54, 1.807) is 18.2 Å². The van der Waals surface area contributed by atoms with E-state index in [2.05, 4.69) is 0 Å². The van der Waals surface area contributed by atoms with Crippen LogP contribution in [-0.4, -0.2) is 36.2 Å². The van der Waals surface area contributed by atoms with E-state index < -0.39 is 11.9 Å². The Kier molecular flexibility index (Phi) is 4.92. The standard InChI is InChI=1S/C27H19NO6/c1-28(2)16-5-9-20-23(13-16)34-25-18-10-6-17(29)11-14(18)3-8-21(25)24(20)19-7-4-15(26(30)31)12-22(19)27(32)33/h3-13H,1-2H3,(H,30,31)(H,32,33)/p+1. The largest absolute Gasteiger partial charge is 0.478 e. The lowest BCUT2D eigenvalue weighted by molar-refractivity contribution is -0.786. The first-order valence-corrected chi connectivity index (χ1v) is 10.6. The zero-order valence-corrected chi connectivity index (χ0v) is 18.4. The number of carboxylic acids is 2. The predicted octanol–water partition coefficient (Wildman–Crippen LogP) is 3.94. The molecule has 0 aliphatic rings. The number of quaternary nitrogens is 1. The molecule has 3 N–H and O–H groups in total. The van der Waals surface area contributed by atoms with Crippen LogP contribution in [0.4, 0.5) is 5.69 Å². The van der Waals surface area contributed by atoms with E-state index in [1.165, 1.54) is 30.3 Å². The van der Waals surface area contributed by atoms with Gasteiger partial charge in [-0.2, -0.15) is 0 Å². The molecule has 0 bridgehead atoms. The Morgan fingerprint density at radius 1 is 0.794 bits per heavy atom. The Labute approximate surface area is 193 Å². The Bertz CT molecular complexity index is 1710. The lowest BCUT2D eigenvalue weighted by atomic mass is 9.91. The molecule has 0 amide bonds. The fourth-order valence-corrected chi connectivity index (χ4v) is 4.33. The Morgan fingerprint density at radius 2 is 1.53 bits per heavy atom. The van der Waals surface area contributed by atoms with Crippen LogP contribution in [0.3, 0.4) is 0 Å². The van der Waals surface area contributed by atoms with Crippen molar-refractivity contribution in [2.45, 2.75) is 0 Å². The summed E-state index contributed by atoms with van der Waals surface area (Å²) in [5, 5.41) is 22.1. The van der Waals surface area contributed by atoms with Gasteiger partial charge in [-0.3, -0.25) is 4.79 Å². The SMILES string of the molecule is C[NH+](C)c1ccc2c(-c3ccc(C(=O)O)cc3C(=O)O)c3ccc4cc(=O)ccc4c3oc2c1. The first-order chi connectivity index (χ1) is 16.2. The molecule has 5 rings (SSSR count). The first kappa shape index (κ1) is 21.4. The average Bonchev–Trinajstić information content (AvgIpc) is 2.81. The third-order valence-corrected chi connectivity index (χ3v) is 6.02. The van der Waals surface area contributed by atoms with Crippen molar-refractivity contribution in [3.05, 3.63) is 88.1 Å². The number of carboxylic acid groups (broad SMARTS) is 2. The molecular formula is C27H20NO6+. The van der Waals surface area contributed by atoms with Crippen LogP contribution in [0.1, 0.15) is 20.7 Å². The summed E-state index contributed by atoms with van der Waals surface area (Å²) in [5.41, 5.74) is 2.70. The summed E-state index contributed by atoms with van der Waals surface area (Å²) in [6, 6.07) is 18.1. The summed E-state index contributed by atoms with van der Waals surface area (Å²) in [6.07, 6.45) is 0. The molecule has 7 heteroatoms. The van der Waals surface area contributed by atoms with Crippen LogP contribution in [-0.2, 0) is 0 Å². The molecule has 0 fully saturated rings. The second kappa shape index (κ2) is 7.83. The van der Waals surface area contributed by atoms with Crippen molar-refractivity contribution in [1.29, 1.82) is 0 Å². The van der Waals surface area contributed by atoms with Crippen LogP contribution < -0.4 is 10.3 Å². The molecule has 0 saturated heterocycles. The van der Waals surface area contributed by atoms with Crippen molar-refractivity contribution in [1.82, 2.24) is 0 Å². The van der Waals surface area contributed by atoms with Gasteiger partial charge in [0.05, 0.1) is 25.2 Å². The monoisotopic (exact) mass is 454 g/mol. The van der Waals surface area contributed by atoms with E-state index in [1.807, 2.05) is 32.3 Å². The zero-order valence-electron chi connectivity index (χ0n) is 18.4. The fraction of sp³-hybridized carbons (Fsp3) is 0.0741. The maximum absolute atomic E-state index is 12.2. The van der Waals surface area contributed by atoms with Crippen molar-refractivity contribution in [2.24, 2.45) is 0 Å². The third-order valence-electron chi connectivity index (χ3n) is 6.02. The van der Waals surface area contributed by atoms with Crippen LogP contribution in [0, 0.1) is 0 Å². The van der Waals surface area contributed by atoms with Gasteiger partial charge >= 0.3 is 11.9 Å². The Morgan fingerprint density at radius 3 is 2.24 bits per heavy atom. The predicted molar refractivity (Wildman–Crippen MR) is 129 cm³/mol. The number of carbonyl (C=O) groups is 2. The highest BCUT2D eigenvalue weighted by molar-refractivity contribution is 6.17. The highest BCUT2D eigenvalue weighted by atomic mass is 16.4. The maximum atomic E-state index is 12.2. The van der Waals surface area contributed by atoms with Gasteiger partial charge in [0.1, 0.15) is 16.9 Å². The topological polar surface area (TPSA) is 109 Å². The molecule has 0 aliphatic carbocycles. The van der Waals surface area contributed by atoms with E-state index >= 15 is 0 Å². The average molecular weight is 454 g/mol. The molecule has 0 radical (unpaired) electrons. The minimum absolute atomic E-state index is 0.109. The Hall–Kier alpha value is -4.49. The smallest absolute Gasteiger partial charge is 0.336 e. The number of fused-ring (bicyclic) bond motifs is 4. The molecular weight excluding hydrogens is 434 g/mol. The summed E-state index contributed by atoms with van der Waals surface area (Å²) < 4.78 is 6.36. The molecule has 5 aromatic rings. The summed E-state index contributed by atoms with van der Waals surface area (Å²) in [5.74, 6) is -2.43. The van der Waals surface area contributed by atoms with Crippen molar-refractivity contribution in [3.8, 4) is 11.1 Å². The number of hydrogen-bond donors (Lipinski definition) is 3. The third kappa shape index (κ3) is 3.39. The summed E-state index contributed by atoms with van der Waals surface area (Å²) >= 11 is 0. The molecule has 168 valence electrons. The van der Waals surface area contributed by atoms with E-state index in [-0.39, 0.29) is 16.6 Å². The molecule has 1 aromatic heterocycles. The molecule has 1 heterocycles. The van der Waals surface area contributed by atoms with Gasteiger partial charge in [-0.05, 0) is 59.5 Å². The minimum atomic E-state index is -1.23. The first-order valence-electron chi connectivity index (χ1n) is 10.6. The van der Waals surface area contributed by atoms with Crippen LogP contribution in [0.25, 0.3) is 43.8 Å². The van der Waals surface area contributed by atoms with E-state index in [4.69, 9.17) is 4.42 Å². The van der Waals surface area contributed by atoms with Gasteiger partial charge in [0.15, 0.2) is 5.43 Å². The molecule has 7 nitrogen and oxygen atoms in total. The van der Waals surface area contributed by atoms with Gasteiger partial charge in [-0.15, -0.1) is 0 Å². The van der Waals surface area contributed by atoms with Gasteiger partial charge in [0, 0.05) is 27.8 Å². The molecule has 0 saturated carbocycles. The van der Waals surface area contributed by atoms with Crippen molar-refractivity contribution < 1.29 is 29.1 Å². The quantitative estimate of drug-likeness (QED) is 0.280. The number of rotatable bonds is 4. The number of nitrogens with one attached hydrogen (secondary N) is 1. The molecule has 34 heavy (non-hydrogen) atoms. The Balaban J connectivity index is 1.99. The highest BCUT2D eigenvalue weighted by Gasteiger charge is 2.21. The number of aromatic carboxylic acids is 2. The number of benzene rings is 4. The van der Waals surface area contributed by atoms with E-state index in [9.17, 15) is 24.6 Å². The maximum Gasteiger partial charge on any atom is 0.336 e. The van der Waals surface area contributed by atoms with Gasteiger partial charge < -0.3 is 19.5 Å². The van der Waals surface area contributed by atoms with Gasteiger partial charge in [-0.25, -0.2) is 9.59 Å². The minimum Gasteiger partial charge on any atom is -0.478 e. The van der Waals surface area contributed by atoms with Gasteiger partial charge in [0.25, 0.3) is 0 Å². The lowest BCUT2D eigenvalue weighted by Crippen LogP contribution is -3.00. The molecule has 0 atom stereocenters. The van der Waals surface area contributed by atoms with Crippen molar-refractivity contribution in [3.63, 3.8) is 0 Å². The van der Waals surface area contributed by atoms with Crippen molar-refractivity contribution >= 4 is 50.3 Å². The van der Waals surface area contributed by atoms with Gasteiger partial charge in [-0.1, -0.05) is 12.1 Å². The molecule has 0 aliphatic heterocycles. The summed E-state index contributed by atoms with van der Waals surface area (Å²) in [7, 11) is 3.98. The summed E-state index contributed by atoms with van der Waals surface area (Å²) in [4.78, 5) is 36.7. The second-order valence-electron chi connectivity index (χ2n) is 8.38. The van der Waals surface area contributed by atoms with Crippen LogP contribution in [0.2, 0.25) is 0 Å². The molecule has 0 unspecified atom stereocenters. The lowest BCUT2D eigenvalue weighted by Gasteiger charge is -2.16. The normalized spacial score (nSPS) is 11.5. The number of hydrogen-bond acceptors (Lipinski definition) is 4. The van der Waals surface area contributed by atoms with E-state index in [0.29, 0.717) is 38.5 Å². The molecule has 4 aromatic carbocycles. The fourth-order valence-electron chi connectivity index (χ4n) is 4.33. The van der Waals surface area contributed by atoms with Gasteiger partial charge in [0.2, 0.25) is 0 Å². The second-order valence-corrected chi connectivity index (χ2v) is 8.38. The van der Waals surface area contributed by atoms with Crippen molar-refractivity contribution in [2.75, 3.05) is 14.1 Å². The summed E-state index contributed by atoms with van der Waals surface area (Å²) in [6.45, 7) is 0. The highest BCUT2D eigenvalue weighted by Crippen LogP contribution is 2.41. The van der Waals surface area contributed by atoms with Crippen LogP contribution in [0.5, 0.6) is 0 Å². The zero-order chi connectivity index (χ0) is 24.1. The van der Waals surface area contributed by atoms with Crippen LogP contribution in [0.15, 0.2) is 75.9 Å².